The van der Waals surface area contributed by atoms with Crippen LogP contribution in [0, 0.1) is 0 Å². The first-order valence-corrected chi connectivity index (χ1v) is 5.76. The Labute approximate surface area is 95.7 Å². The van der Waals surface area contributed by atoms with Crippen molar-refractivity contribution in [3.63, 3.8) is 0 Å². The Morgan fingerprint density at radius 3 is 2.88 bits per heavy atom. The van der Waals surface area contributed by atoms with Crippen molar-refractivity contribution in [3.8, 4) is 5.75 Å². The van der Waals surface area contributed by atoms with Crippen molar-refractivity contribution in [2.75, 3.05) is 6.61 Å². The maximum atomic E-state index is 9.71. The number of fused-ring (bicyclic) bond motifs is 1. The van der Waals surface area contributed by atoms with Gasteiger partial charge in [0, 0.05) is 0 Å². The maximum Gasteiger partial charge on any atom is 0.122 e. The minimum Gasteiger partial charge on any atom is -0.493 e. The fourth-order valence-electron chi connectivity index (χ4n) is 2.15. The molecule has 0 saturated heterocycles. The summed E-state index contributed by atoms with van der Waals surface area (Å²) in [6.45, 7) is 2.31. The summed E-state index contributed by atoms with van der Waals surface area (Å²) in [5, 5.41) is 19.0. The molecule has 3 atom stereocenters. The van der Waals surface area contributed by atoms with Gasteiger partial charge in [-0.25, -0.2) is 0 Å². The fraction of sp³-hybridized carbons (Fsp3) is 0.538. The van der Waals surface area contributed by atoms with Gasteiger partial charge in [-0.05, 0) is 37.3 Å². The average molecular weight is 222 g/mol. The fourth-order valence-corrected chi connectivity index (χ4v) is 2.15. The maximum absolute atomic E-state index is 9.71. The van der Waals surface area contributed by atoms with E-state index in [1.54, 1.807) is 6.92 Å². The summed E-state index contributed by atoms with van der Waals surface area (Å²) < 4.78 is 5.55. The lowest BCUT2D eigenvalue weighted by atomic mass is 9.87. The summed E-state index contributed by atoms with van der Waals surface area (Å²) in [7, 11) is 0. The van der Waals surface area contributed by atoms with E-state index in [1.807, 2.05) is 24.3 Å². The Kier molecular flexibility index (Phi) is 3.46. The third-order valence-electron chi connectivity index (χ3n) is 3.17. The second-order valence-corrected chi connectivity index (χ2v) is 4.42. The molecule has 0 amide bonds. The van der Waals surface area contributed by atoms with Crippen LogP contribution in [0.2, 0.25) is 0 Å². The van der Waals surface area contributed by atoms with Crippen LogP contribution in [0.5, 0.6) is 5.75 Å². The minimum atomic E-state index is -0.671. The first kappa shape index (κ1) is 11.4. The molecule has 1 aromatic carbocycles. The molecule has 3 heteroatoms. The lowest BCUT2D eigenvalue weighted by molar-refractivity contribution is 0.0192. The monoisotopic (exact) mass is 222 g/mol. The highest BCUT2D eigenvalue weighted by Gasteiger charge is 2.25. The van der Waals surface area contributed by atoms with Gasteiger partial charge in [-0.1, -0.05) is 18.2 Å². The third kappa shape index (κ3) is 2.36. The van der Waals surface area contributed by atoms with Crippen LogP contribution in [0.15, 0.2) is 24.3 Å². The number of hydrogen-bond donors (Lipinski definition) is 2. The number of hydrogen-bond acceptors (Lipinski definition) is 3. The lowest BCUT2D eigenvalue weighted by Gasteiger charge is -2.28. The summed E-state index contributed by atoms with van der Waals surface area (Å²) in [5.74, 6) is 1.20. The lowest BCUT2D eigenvalue weighted by Crippen LogP contribution is -2.26. The molecule has 0 bridgehead atoms. The van der Waals surface area contributed by atoms with Crippen molar-refractivity contribution in [1.82, 2.24) is 0 Å². The van der Waals surface area contributed by atoms with E-state index in [4.69, 9.17) is 4.74 Å². The van der Waals surface area contributed by atoms with Crippen molar-refractivity contribution in [1.29, 1.82) is 0 Å². The summed E-state index contributed by atoms with van der Waals surface area (Å²) in [4.78, 5) is 0. The Balaban J connectivity index is 2.13. The van der Waals surface area contributed by atoms with Crippen molar-refractivity contribution in [3.05, 3.63) is 29.8 Å². The number of benzene rings is 1. The van der Waals surface area contributed by atoms with E-state index < -0.39 is 12.2 Å². The molecule has 1 aromatic rings. The number of ether oxygens (including phenoxy) is 1. The van der Waals surface area contributed by atoms with Crippen molar-refractivity contribution < 1.29 is 14.9 Å². The highest BCUT2D eigenvalue weighted by atomic mass is 16.5. The molecule has 0 saturated carbocycles. The zero-order chi connectivity index (χ0) is 11.5. The Morgan fingerprint density at radius 1 is 1.38 bits per heavy atom. The van der Waals surface area contributed by atoms with Gasteiger partial charge in [0.2, 0.25) is 0 Å². The normalized spacial score (nSPS) is 23.1. The summed E-state index contributed by atoms with van der Waals surface area (Å²) >= 11 is 0. The second kappa shape index (κ2) is 4.85. The third-order valence-corrected chi connectivity index (χ3v) is 3.17. The molecule has 3 nitrogen and oxygen atoms in total. The summed E-state index contributed by atoms with van der Waals surface area (Å²) in [6, 6.07) is 7.92. The van der Waals surface area contributed by atoms with Gasteiger partial charge in [-0.3, -0.25) is 0 Å². The van der Waals surface area contributed by atoms with Crippen LogP contribution in [0.4, 0.5) is 0 Å². The molecule has 0 aromatic heterocycles. The first-order valence-electron chi connectivity index (χ1n) is 5.76. The van der Waals surface area contributed by atoms with Crippen molar-refractivity contribution in [2.24, 2.45) is 0 Å². The molecule has 0 spiro atoms. The standard InChI is InChI=1S/C13H18O3/c1-9(14)12(15)8-10-6-7-16-13-5-3-2-4-11(10)13/h2-5,9-10,12,14-15H,6-8H2,1H3. The van der Waals surface area contributed by atoms with Gasteiger partial charge in [0.15, 0.2) is 0 Å². The Bertz CT molecular complexity index is 349. The number of para-hydroxylation sites is 1. The highest BCUT2D eigenvalue weighted by molar-refractivity contribution is 5.37. The molecule has 1 aliphatic heterocycles. The Morgan fingerprint density at radius 2 is 2.12 bits per heavy atom. The molecule has 3 unspecified atom stereocenters. The van der Waals surface area contributed by atoms with Crippen LogP contribution in [0.25, 0.3) is 0 Å². The van der Waals surface area contributed by atoms with Gasteiger partial charge in [-0.2, -0.15) is 0 Å². The SMILES string of the molecule is CC(O)C(O)CC1CCOc2ccccc21. The predicted molar refractivity (Wildman–Crippen MR) is 61.6 cm³/mol. The van der Waals surface area contributed by atoms with Crippen molar-refractivity contribution in [2.45, 2.75) is 37.9 Å². The van der Waals surface area contributed by atoms with Crippen LogP contribution in [0.1, 0.15) is 31.2 Å². The number of aliphatic hydroxyl groups is 2. The predicted octanol–water partition coefficient (Wildman–Crippen LogP) is 1.68. The zero-order valence-electron chi connectivity index (χ0n) is 9.47. The molecule has 88 valence electrons. The highest BCUT2D eigenvalue weighted by Crippen LogP contribution is 2.36. The molecular weight excluding hydrogens is 204 g/mol. The molecule has 0 aliphatic carbocycles. The van der Waals surface area contributed by atoms with Gasteiger partial charge in [0.1, 0.15) is 5.75 Å². The summed E-state index contributed by atoms with van der Waals surface area (Å²) in [6.07, 6.45) is 0.171. The van der Waals surface area contributed by atoms with Gasteiger partial charge < -0.3 is 14.9 Å². The van der Waals surface area contributed by atoms with E-state index in [0.717, 1.165) is 17.7 Å². The number of rotatable bonds is 3. The molecule has 2 N–H and O–H groups in total. The van der Waals surface area contributed by atoms with Crippen LogP contribution < -0.4 is 4.74 Å². The van der Waals surface area contributed by atoms with E-state index >= 15 is 0 Å². The molecule has 0 fully saturated rings. The molecule has 1 aliphatic rings. The van der Waals surface area contributed by atoms with E-state index in [2.05, 4.69) is 0 Å². The van der Waals surface area contributed by atoms with E-state index in [9.17, 15) is 10.2 Å². The van der Waals surface area contributed by atoms with Crippen LogP contribution >= 0.6 is 0 Å². The molecule has 16 heavy (non-hydrogen) atoms. The number of aliphatic hydroxyl groups excluding tert-OH is 2. The van der Waals surface area contributed by atoms with Gasteiger partial charge in [-0.15, -0.1) is 0 Å². The van der Waals surface area contributed by atoms with Crippen LogP contribution in [-0.2, 0) is 0 Å². The smallest absolute Gasteiger partial charge is 0.122 e. The minimum absolute atomic E-state index is 0.287. The van der Waals surface area contributed by atoms with Gasteiger partial charge >= 0.3 is 0 Å². The first-order chi connectivity index (χ1) is 7.68. The molecule has 1 heterocycles. The second-order valence-electron chi connectivity index (χ2n) is 4.42. The van der Waals surface area contributed by atoms with Crippen LogP contribution in [-0.4, -0.2) is 29.0 Å². The summed E-state index contributed by atoms with van der Waals surface area (Å²) in [5.41, 5.74) is 1.15. The average Bonchev–Trinajstić information content (AvgIpc) is 2.29. The Hall–Kier alpha value is -1.06. The molecule has 0 radical (unpaired) electrons. The zero-order valence-corrected chi connectivity index (χ0v) is 9.47. The van der Waals surface area contributed by atoms with Crippen LogP contribution in [0.3, 0.4) is 0 Å². The van der Waals surface area contributed by atoms with E-state index in [-0.39, 0.29) is 5.92 Å². The van der Waals surface area contributed by atoms with E-state index in [0.29, 0.717) is 13.0 Å². The van der Waals surface area contributed by atoms with E-state index in [1.165, 1.54) is 0 Å². The van der Waals surface area contributed by atoms with Gasteiger partial charge in [0.25, 0.3) is 0 Å². The van der Waals surface area contributed by atoms with Crippen molar-refractivity contribution >= 4 is 0 Å². The molecule has 2 rings (SSSR count). The topological polar surface area (TPSA) is 49.7 Å². The quantitative estimate of drug-likeness (QED) is 0.818. The largest absolute Gasteiger partial charge is 0.493 e. The van der Waals surface area contributed by atoms with Gasteiger partial charge in [0.05, 0.1) is 18.8 Å². The molecular formula is C13H18O3.